The number of imidazole rings is 1. The Labute approximate surface area is 309 Å². The van der Waals surface area contributed by atoms with E-state index in [9.17, 15) is 13.6 Å². The summed E-state index contributed by atoms with van der Waals surface area (Å²) in [5, 5.41) is 15.5. The van der Waals surface area contributed by atoms with Gasteiger partial charge < -0.3 is 39.7 Å². The Morgan fingerprint density at radius 2 is 1.66 bits per heavy atom. The Kier molecular flexibility index (Phi) is 11.4. The summed E-state index contributed by atoms with van der Waals surface area (Å²) in [6.45, 7) is 8.80. The summed E-state index contributed by atoms with van der Waals surface area (Å²) in [6, 6.07) is 3.18. The molecule has 6 heterocycles. The quantitative estimate of drug-likeness (QED) is 0.190. The van der Waals surface area contributed by atoms with Crippen molar-refractivity contribution < 1.29 is 22.6 Å². The van der Waals surface area contributed by atoms with Gasteiger partial charge in [-0.3, -0.25) is 14.2 Å². The first-order chi connectivity index (χ1) is 25.7. The number of morpholine rings is 2. The lowest BCUT2D eigenvalue weighted by Gasteiger charge is -2.31. The van der Waals surface area contributed by atoms with Crippen LogP contribution < -0.4 is 24.7 Å². The number of anilines is 4. The van der Waals surface area contributed by atoms with Gasteiger partial charge in [0.15, 0.2) is 5.95 Å². The van der Waals surface area contributed by atoms with E-state index in [0.29, 0.717) is 60.4 Å². The third-order valence-corrected chi connectivity index (χ3v) is 11.5. The van der Waals surface area contributed by atoms with Crippen molar-refractivity contribution in [1.82, 2.24) is 34.4 Å². The molecule has 2 saturated heterocycles. The number of nitrogens with one attached hydrogen (secondary N) is 2. The second-order valence-corrected chi connectivity index (χ2v) is 15.8. The molecule has 0 aromatic carbocycles. The Morgan fingerprint density at radius 3 is 2.32 bits per heavy atom. The van der Waals surface area contributed by atoms with Crippen LogP contribution in [0.1, 0.15) is 49.9 Å². The van der Waals surface area contributed by atoms with Gasteiger partial charge in [0.2, 0.25) is 21.9 Å². The van der Waals surface area contributed by atoms with Crippen LogP contribution >= 0.6 is 0 Å². The molecule has 0 amide bonds. The van der Waals surface area contributed by atoms with Crippen molar-refractivity contribution in [2.45, 2.75) is 57.2 Å². The maximum Gasteiger partial charge on any atom is 0.232 e. The molecule has 0 bridgehead atoms. The first-order valence-electron chi connectivity index (χ1n) is 18.2. The highest BCUT2D eigenvalue weighted by Crippen LogP contribution is 2.36. The van der Waals surface area contributed by atoms with Crippen LogP contribution in [0.2, 0.25) is 0 Å². The van der Waals surface area contributed by atoms with Gasteiger partial charge in [0, 0.05) is 64.3 Å². The number of rotatable bonds is 13. The minimum atomic E-state index is -3.81. The molecule has 2 N–H and O–H groups in total. The molecule has 3 fully saturated rings. The van der Waals surface area contributed by atoms with Crippen molar-refractivity contribution >= 4 is 44.3 Å². The SMILES string of the molecule is CC(c1cnc(N[O-])n1C)N(c1cnc2cc(N3CCOCC3)nc(OC3CCC(Nc4ncc(CCN5CCOCC5)cn4)CC3)c2c1)S(C)(=O)=O. The Balaban J connectivity index is 1.07. The zero-order chi connectivity index (χ0) is 37.0. The second kappa shape index (κ2) is 16.3. The van der Waals surface area contributed by atoms with E-state index in [1.165, 1.54) is 15.1 Å². The van der Waals surface area contributed by atoms with Crippen molar-refractivity contribution in [2.75, 3.05) is 85.4 Å². The van der Waals surface area contributed by atoms with E-state index < -0.39 is 16.1 Å². The summed E-state index contributed by atoms with van der Waals surface area (Å²) in [5.74, 6) is 1.85. The maximum absolute atomic E-state index is 13.3. The summed E-state index contributed by atoms with van der Waals surface area (Å²) < 4.78 is 47.1. The first-order valence-corrected chi connectivity index (χ1v) is 20.1. The fourth-order valence-electron chi connectivity index (χ4n) is 7.30. The van der Waals surface area contributed by atoms with Crippen LogP contribution in [0.5, 0.6) is 5.88 Å². The second-order valence-electron chi connectivity index (χ2n) is 13.9. The van der Waals surface area contributed by atoms with Crippen LogP contribution in [0.4, 0.5) is 23.4 Å². The Morgan fingerprint density at radius 1 is 0.962 bits per heavy atom. The Hall–Kier alpha value is -4.36. The standard InChI is InChI=1S/C35H48N11O6S/c1-24(31-23-39-35(42-47)43(31)2)46(53(3,48)49)27-18-29-30(36-22-27)19-32(45-12-16-51-17-13-45)41-33(29)52-28-6-4-26(5-7-28)40-34-37-20-25(21-38-34)8-9-44-10-14-50-15-11-44/h18-24,26,28H,4-17H2,1-3H3,(H2-,37,38,39,40,42,47)/q-1. The molecule has 0 radical (unpaired) electrons. The smallest absolute Gasteiger partial charge is 0.232 e. The van der Waals surface area contributed by atoms with Gasteiger partial charge in [0.05, 0.1) is 73.4 Å². The maximum atomic E-state index is 13.3. The van der Waals surface area contributed by atoms with Crippen molar-refractivity contribution in [3.8, 4) is 5.88 Å². The largest absolute Gasteiger partial charge is 0.759 e. The van der Waals surface area contributed by atoms with E-state index in [-0.39, 0.29) is 18.1 Å². The summed E-state index contributed by atoms with van der Waals surface area (Å²) in [6.07, 6.45) is 12.1. The lowest BCUT2D eigenvalue weighted by Crippen LogP contribution is -2.37. The van der Waals surface area contributed by atoms with E-state index in [1.54, 1.807) is 31.7 Å². The molecule has 0 spiro atoms. The number of nitrogens with zero attached hydrogens (tertiary/aromatic N) is 9. The fraction of sp³-hybridized carbons (Fsp3) is 0.571. The van der Waals surface area contributed by atoms with E-state index in [2.05, 4.69) is 30.1 Å². The normalized spacial score (nSPS) is 20.6. The van der Waals surface area contributed by atoms with Crippen LogP contribution in [0.15, 0.2) is 36.9 Å². The molecule has 4 aromatic heterocycles. The molecule has 17 nitrogen and oxygen atoms in total. The van der Waals surface area contributed by atoms with Crippen molar-refractivity contribution in [3.05, 3.63) is 53.4 Å². The van der Waals surface area contributed by atoms with E-state index in [0.717, 1.165) is 82.6 Å². The van der Waals surface area contributed by atoms with Gasteiger partial charge in [-0.05, 0) is 50.7 Å². The number of ether oxygens (including phenoxy) is 3. The number of pyridine rings is 2. The van der Waals surface area contributed by atoms with Crippen LogP contribution in [0, 0.1) is 5.21 Å². The topological polar surface area (TPSA) is 188 Å². The predicted octanol–water partition coefficient (Wildman–Crippen LogP) is 3.10. The van der Waals surface area contributed by atoms with E-state index in [1.807, 2.05) is 18.5 Å². The minimum Gasteiger partial charge on any atom is -0.759 e. The minimum absolute atomic E-state index is 0.0814. The molecule has 53 heavy (non-hydrogen) atoms. The summed E-state index contributed by atoms with van der Waals surface area (Å²) in [5.41, 5.74) is 4.42. The molecule has 1 unspecified atom stereocenters. The van der Waals surface area contributed by atoms with Crippen LogP contribution in [0.3, 0.4) is 0 Å². The summed E-state index contributed by atoms with van der Waals surface area (Å²) in [4.78, 5) is 27.6. The average Bonchev–Trinajstić information content (AvgIpc) is 3.55. The van der Waals surface area contributed by atoms with Crippen molar-refractivity contribution in [3.63, 3.8) is 0 Å². The predicted molar refractivity (Wildman–Crippen MR) is 202 cm³/mol. The summed E-state index contributed by atoms with van der Waals surface area (Å²) in [7, 11) is -2.15. The highest BCUT2D eigenvalue weighted by atomic mass is 32.2. The molecular formula is C35H48N11O6S-. The monoisotopic (exact) mass is 750 g/mol. The molecule has 286 valence electrons. The molecule has 1 aliphatic carbocycles. The van der Waals surface area contributed by atoms with Crippen LogP contribution in [0.25, 0.3) is 10.9 Å². The number of hydrogen-bond donors (Lipinski definition) is 2. The fourth-order valence-corrected chi connectivity index (χ4v) is 8.46. The molecule has 1 saturated carbocycles. The van der Waals surface area contributed by atoms with Gasteiger partial charge in [-0.25, -0.2) is 23.4 Å². The van der Waals surface area contributed by atoms with Gasteiger partial charge in [-0.2, -0.15) is 4.98 Å². The lowest BCUT2D eigenvalue weighted by atomic mass is 9.93. The summed E-state index contributed by atoms with van der Waals surface area (Å²) >= 11 is 0. The van der Waals surface area contributed by atoms with Gasteiger partial charge >= 0.3 is 0 Å². The van der Waals surface area contributed by atoms with Crippen molar-refractivity contribution in [2.24, 2.45) is 7.05 Å². The zero-order valence-corrected chi connectivity index (χ0v) is 31.3. The molecule has 2 aliphatic heterocycles. The number of hydrogen-bond acceptors (Lipinski definition) is 15. The number of aromatic nitrogens is 6. The molecule has 3 aliphatic rings. The highest BCUT2D eigenvalue weighted by molar-refractivity contribution is 7.92. The lowest BCUT2D eigenvalue weighted by molar-refractivity contribution is 0.0384. The van der Waals surface area contributed by atoms with Crippen LogP contribution in [-0.4, -0.2) is 120 Å². The van der Waals surface area contributed by atoms with Crippen molar-refractivity contribution in [1.29, 1.82) is 0 Å². The molecule has 4 aromatic rings. The number of sulfonamides is 1. The van der Waals surface area contributed by atoms with Gasteiger partial charge in [0.25, 0.3) is 0 Å². The van der Waals surface area contributed by atoms with Gasteiger partial charge in [0.1, 0.15) is 11.9 Å². The Bertz CT molecular complexity index is 1940. The average molecular weight is 751 g/mol. The third-order valence-electron chi connectivity index (χ3n) is 10.3. The highest BCUT2D eigenvalue weighted by Gasteiger charge is 2.30. The van der Waals surface area contributed by atoms with Crippen LogP contribution in [-0.2, 0) is 33.0 Å². The van der Waals surface area contributed by atoms with E-state index >= 15 is 0 Å². The third kappa shape index (κ3) is 8.73. The molecular weight excluding hydrogens is 703 g/mol. The molecule has 1 atom stereocenters. The number of fused-ring (bicyclic) bond motifs is 1. The van der Waals surface area contributed by atoms with Gasteiger partial charge in [-0.15, -0.1) is 0 Å². The molecule has 7 rings (SSSR count). The molecule has 18 heteroatoms. The zero-order valence-electron chi connectivity index (χ0n) is 30.5. The first kappa shape index (κ1) is 37.0. The van der Waals surface area contributed by atoms with E-state index in [4.69, 9.17) is 24.2 Å². The van der Waals surface area contributed by atoms with Gasteiger partial charge in [-0.1, -0.05) is 0 Å².